The molecule has 9 aromatic rings. The number of hydrogen-bond donors (Lipinski definition) is 0. The average molecular weight is 585 g/mol. The van der Waals surface area contributed by atoms with Gasteiger partial charge in [-0.3, -0.25) is 9.13 Å². The Morgan fingerprint density at radius 3 is 1.87 bits per heavy atom. The highest BCUT2D eigenvalue weighted by atomic mass is 15.1. The summed E-state index contributed by atoms with van der Waals surface area (Å²) >= 11 is 0. The van der Waals surface area contributed by atoms with Crippen molar-refractivity contribution in [1.82, 2.24) is 23.7 Å². The number of para-hydroxylation sites is 2. The van der Waals surface area contributed by atoms with Crippen molar-refractivity contribution in [2.24, 2.45) is 0 Å². The van der Waals surface area contributed by atoms with Gasteiger partial charge in [0.15, 0.2) is 0 Å². The van der Waals surface area contributed by atoms with Gasteiger partial charge in [-0.15, -0.1) is 0 Å². The van der Waals surface area contributed by atoms with Gasteiger partial charge in [0, 0.05) is 27.8 Å². The molecule has 0 fully saturated rings. The van der Waals surface area contributed by atoms with Gasteiger partial charge in [0.05, 0.1) is 33.1 Å². The van der Waals surface area contributed by atoms with Crippen molar-refractivity contribution < 1.29 is 0 Å². The molecular formula is C40H24BN5. The number of rotatable bonds is 1. The maximum Gasteiger partial charge on any atom is 0.253 e. The van der Waals surface area contributed by atoms with Crippen molar-refractivity contribution in [2.75, 3.05) is 0 Å². The Bertz CT molecular complexity index is 2890. The molecule has 0 amide bonds. The van der Waals surface area contributed by atoms with E-state index in [1.54, 1.807) is 0 Å². The Hall–Kier alpha value is -5.88. The third kappa shape index (κ3) is 2.46. The first-order valence-corrected chi connectivity index (χ1v) is 16.0. The van der Waals surface area contributed by atoms with Crippen LogP contribution < -0.4 is 16.4 Å². The van der Waals surface area contributed by atoms with Crippen LogP contribution in [0.15, 0.2) is 109 Å². The summed E-state index contributed by atoms with van der Waals surface area (Å²) in [6.07, 6.45) is 0. The Morgan fingerprint density at radius 1 is 0.500 bits per heavy atom. The molecule has 6 heterocycles. The van der Waals surface area contributed by atoms with Gasteiger partial charge >= 0.3 is 0 Å². The molecule has 46 heavy (non-hydrogen) atoms. The summed E-state index contributed by atoms with van der Waals surface area (Å²) in [6.45, 7) is 4.35. The highest BCUT2D eigenvalue weighted by Gasteiger charge is 2.45. The second kappa shape index (κ2) is 7.67. The van der Waals surface area contributed by atoms with Gasteiger partial charge in [0.1, 0.15) is 11.6 Å². The van der Waals surface area contributed by atoms with Gasteiger partial charge in [0.2, 0.25) is 0 Å². The molecule has 6 heteroatoms. The smallest absolute Gasteiger partial charge is 0.253 e. The molecule has 3 aliphatic rings. The van der Waals surface area contributed by atoms with Crippen LogP contribution in [0.5, 0.6) is 0 Å². The summed E-state index contributed by atoms with van der Waals surface area (Å²) in [7, 11) is 0. The van der Waals surface area contributed by atoms with Gasteiger partial charge in [-0.05, 0) is 101 Å². The first-order chi connectivity index (χ1) is 22.7. The molecule has 0 N–H and O–H groups in total. The average Bonchev–Trinajstić information content (AvgIpc) is 3.70. The summed E-state index contributed by atoms with van der Waals surface area (Å²) < 4.78 is 7.25. The second-order valence-electron chi connectivity index (χ2n) is 13.0. The lowest BCUT2D eigenvalue weighted by Gasteiger charge is -2.34. The predicted molar refractivity (Wildman–Crippen MR) is 189 cm³/mol. The molecular weight excluding hydrogens is 561 g/mol. The van der Waals surface area contributed by atoms with Crippen molar-refractivity contribution in [3.8, 4) is 39.3 Å². The van der Waals surface area contributed by atoms with E-state index < -0.39 is 0 Å². The van der Waals surface area contributed by atoms with E-state index in [9.17, 15) is 0 Å². The third-order valence-corrected chi connectivity index (χ3v) is 10.9. The number of benzene rings is 6. The largest absolute Gasteiger partial charge is 0.309 e. The van der Waals surface area contributed by atoms with Gasteiger partial charge in [-0.2, -0.15) is 0 Å². The molecule has 0 spiro atoms. The molecule has 0 bridgehead atoms. The number of nitrogens with zero attached hydrogens (tertiary/aromatic N) is 5. The van der Waals surface area contributed by atoms with E-state index >= 15 is 0 Å². The number of hydrogen-bond acceptors (Lipinski definition) is 2. The molecule has 0 saturated heterocycles. The lowest BCUT2D eigenvalue weighted by Crippen LogP contribution is -2.60. The molecule has 0 atom stereocenters. The Kier molecular flexibility index (Phi) is 3.92. The maximum atomic E-state index is 5.15. The first kappa shape index (κ1) is 23.5. The van der Waals surface area contributed by atoms with Crippen LogP contribution in [0.25, 0.3) is 83.2 Å². The van der Waals surface area contributed by atoms with Crippen LogP contribution in [0.2, 0.25) is 0 Å². The monoisotopic (exact) mass is 585 g/mol. The molecule has 5 nitrogen and oxygen atoms in total. The van der Waals surface area contributed by atoms with Crippen molar-refractivity contribution in [3.63, 3.8) is 0 Å². The van der Waals surface area contributed by atoms with E-state index in [0.29, 0.717) is 0 Å². The van der Waals surface area contributed by atoms with E-state index in [1.165, 1.54) is 88.5 Å². The minimum atomic E-state index is 0.0701. The van der Waals surface area contributed by atoms with Crippen molar-refractivity contribution in [3.05, 3.63) is 121 Å². The molecule has 3 aromatic heterocycles. The lowest BCUT2D eigenvalue weighted by molar-refractivity contribution is 0.981. The number of aryl methyl sites for hydroxylation is 2. The molecule has 0 saturated carbocycles. The highest BCUT2D eigenvalue weighted by molar-refractivity contribution is 7.02. The van der Waals surface area contributed by atoms with Gasteiger partial charge < -0.3 is 4.57 Å². The van der Waals surface area contributed by atoms with E-state index in [2.05, 4.69) is 137 Å². The molecule has 0 unspecified atom stereocenters. The fourth-order valence-corrected chi connectivity index (χ4v) is 9.32. The van der Waals surface area contributed by atoms with Crippen molar-refractivity contribution in [1.29, 1.82) is 0 Å². The van der Waals surface area contributed by atoms with E-state index in [-0.39, 0.29) is 6.71 Å². The van der Waals surface area contributed by atoms with Gasteiger partial charge in [0.25, 0.3) is 6.71 Å². The summed E-state index contributed by atoms with van der Waals surface area (Å²) in [4.78, 5) is 10.3. The van der Waals surface area contributed by atoms with Crippen LogP contribution in [0.4, 0.5) is 0 Å². The zero-order valence-corrected chi connectivity index (χ0v) is 25.2. The quantitative estimate of drug-likeness (QED) is 0.198. The predicted octanol–water partition coefficient (Wildman–Crippen LogP) is 6.87. The maximum absolute atomic E-state index is 5.15. The Labute approximate surface area is 264 Å². The minimum absolute atomic E-state index is 0.0701. The summed E-state index contributed by atoms with van der Waals surface area (Å²) in [5.41, 5.74) is 19.9. The SMILES string of the molecule is Cc1nc2ccc3c4c2n1-c1cccc2c1B4c1c(ccc4nc(C)n-2c14)-c1c-3ccc2c1c1ccccc1n2-c1ccccc1. The lowest BCUT2D eigenvalue weighted by atomic mass is 9.33. The zero-order chi connectivity index (χ0) is 30.0. The standard InChI is InChI=1S/C40H24BN5/c1-21-42-28-18-15-25-24-17-20-31-35(26-11-6-7-12-30(26)46(31)23-9-4-3-5-10-23)34(24)27-16-19-29-40-37(27)41-36(25)39(28)44(21)32-13-8-14-33(38(32)41)45(40)22(2)43-29/h3-20H,1-2H3. The third-order valence-electron chi connectivity index (χ3n) is 10.9. The van der Waals surface area contributed by atoms with Gasteiger partial charge in [-0.25, -0.2) is 9.97 Å². The van der Waals surface area contributed by atoms with Crippen LogP contribution in [-0.2, 0) is 0 Å². The normalized spacial score (nSPS) is 13.4. The van der Waals surface area contributed by atoms with Crippen LogP contribution in [0, 0.1) is 13.8 Å². The van der Waals surface area contributed by atoms with E-state index in [0.717, 1.165) is 22.7 Å². The van der Waals surface area contributed by atoms with Crippen molar-refractivity contribution >= 4 is 67.0 Å². The zero-order valence-electron chi connectivity index (χ0n) is 25.2. The molecule has 0 radical (unpaired) electrons. The Morgan fingerprint density at radius 2 is 1.13 bits per heavy atom. The van der Waals surface area contributed by atoms with Crippen molar-refractivity contribution in [2.45, 2.75) is 13.8 Å². The Balaban J connectivity index is 1.38. The van der Waals surface area contributed by atoms with Crippen LogP contribution >= 0.6 is 0 Å². The summed E-state index contributed by atoms with van der Waals surface area (Å²) in [5.74, 6) is 2.04. The number of imidazole rings is 2. The fraction of sp³-hybridized carbons (Fsp3) is 0.0500. The van der Waals surface area contributed by atoms with Crippen LogP contribution in [-0.4, -0.2) is 30.4 Å². The fourth-order valence-electron chi connectivity index (χ4n) is 9.32. The van der Waals surface area contributed by atoms with Gasteiger partial charge in [-0.1, -0.05) is 60.7 Å². The molecule has 3 aliphatic heterocycles. The summed E-state index contributed by atoms with van der Waals surface area (Å²) in [6, 6.07) is 40.3. The number of fused-ring (bicyclic) bond motifs is 9. The number of aromatic nitrogens is 5. The van der Waals surface area contributed by atoms with E-state index in [1.807, 2.05) is 0 Å². The molecule has 212 valence electrons. The van der Waals surface area contributed by atoms with Crippen LogP contribution in [0.1, 0.15) is 11.6 Å². The van der Waals surface area contributed by atoms with E-state index in [4.69, 9.17) is 9.97 Å². The minimum Gasteiger partial charge on any atom is -0.309 e. The van der Waals surface area contributed by atoms with Crippen LogP contribution in [0.3, 0.4) is 0 Å². The second-order valence-corrected chi connectivity index (χ2v) is 13.0. The highest BCUT2D eigenvalue weighted by Crippen LogP contribution is 2.47. The molecule has 12 rings (SSSR count). The summed E-state index contributed by atoms with van der Waals surface area (Å²) in [5, 5.41) is 2.56. The molecule has 0 aliphatic carbocycles. The first-order valence-electron chi connectivity index (χ1n) is 16.0. The topological polar surface area (TPSA) is 40.6 Å². The molecule has 6 aromatic carbocycles.